The van der Waals surface area contributed by atoms with E-state index in [0.717, 1.165) is 11.3 Å². The number of nitrogens with zero attached hydrogens (tertiary/aromatic N) is 2. The fourth-order valence-electron chi connectivity index (χ4n) is 2.39. The fourth-order valence-corrected chi connectivity index (χ4v) is 2.39. The van der Waals surface area contributed by atoms with E-state index in [1.54, 1.807) is 26.4 Å². The zero-order valence-electron chi connectivity index (χ0n) is 14.6. The summed E-state index contributed by atoms with van der Waals surface area (Å²) in [4.78, 5) is 12.1. The molecule has 0 bridgehead atoms. The van der Waals surface area contributed by atoms with Crippen LogP contribution in [0, 0.1) is 0 Å². The molecule has 0 saturated carbocycles. The molecule has 3 rings (SSSR count). The van der Waals surface area contributed by atoms with Crippen LogP contribution >= 0.6 is 0 Å². The summed E-state index contributed by atoms with van der Waals surface area (Å²) >= 11 is 0. The van der Waals surface area contributed by atoms with Crippen molar-refractivity contribution in [1.29, 1.82) is 0 Å². The number of rotatable bonds is 7. The Bertz CT molecular complexity index is 875. The second-order valence-electron chi connectivity index (χ2n) is 5.48. The van der Waals surface area contributed by atoms with Crippen molar-refractivity contribution < 1.29 is 18.7 Å². The molecule has 134 valence electrons. The Morgan fingerprint density at radius 2 is 1.81 bits per heavy atom. The summed E-state index contributed by atoms with van der Waals surface area (Å²) in [5, 5.41) is 10.8. The number of carbonyl (C=O) groups excluding carboxylic acids is 1. The molecule has 1 heterocycles. The number of nitrogens with one attached hydrogen (secondary N) is 1. The number of methoxy groups -OCH3 is 2. The summed E-state index contributed by atoms with van der Waals surface area (Å²) < 4.78 is 16.0. The van der Waals surface area contributed by atoms with Crippen molar-refractivity contribution in [2.24, 2.45) is 0 Å². The van der Waals surface area contributed by atoms with E-state index in [4.69, 9.17) is 13.9 Å². The van der Waals surface area contributed by atoms with Crippen LogP contribution in [0.1, 0.15) is 12.3 Å². The van der Waals surface area contributed by atoms with Crippen molar-refractivity contribution in [2.45, 2.75) is 12.8 Å². The van der Waals surface area contributed by atoms with Gasteiger partial charge in [0.2, 0.25) is 17.7 Å². The number of benzene rings is 2. The van der Waals surface area contributed by atoms with Crippen LogP contribution < -0.4 is 14.8 Å². The van der Waals surface area contributed by atoms with Gasteiger partial charge in [-0.3, -0.25) is 4.79 Å². The van der Waals surface area contributed by atoms with Crippen LogP contribution in [0.3, 0.4) is 0 Å². The van der Waals surface area contributed by atoms with Crippen LogP contribution in [0.4, 0.5) is 5.69 Å². The second kappa shape index (κ2) is 8.15. The molecular weight excluding hydrogens is 334 g/mol. The number of anilines is 1. The van der Waals surface area contributed by atoms with E-state index in [9.17, 15) is 4.79 Å². The molecule has 1 N–H and O–H groups in total. The van der Waals surface area contributed by atoms with Crippen LogP contribution in [0.25, 0.3) is 11.5 Å². The van der Waals surface area contributed by atoms with Crippen molar-refractivity contribution in [2.75, 3.05) is 19.5 Å². The summed E-state index contributed by atoms with van der Waals surface area (Å²) in [6.45, 7) is 0. The third-order valence-corrected chi connectivity index (χ3v) is 3.75. The smallest absolute Gasteiger partial charge is 0.247 e. The predicted octanol–water partition coefficient (Wildman–Crippen LogP) is 3.33. The van der Waals surface area contributed by atoms with Crippen molar-refractivity contribution in [1.82, 2.24) is 10.2 Å². The lowest BCUT2D eigenvalue weighted by atomic mass is 10.2. The average molecular weight is 353 g/mol. The molecule has 0 radical (unpaired) electrons. The standard InChI is InChI=1S/C19H19N3O4/c1-24-14-9-7-13(8-10-14)19-22-21-18(26-19)12-11-17(23)20-15-5-3-4-6-16(15)25-2/h3-10H,11-12H2,1-2H3,(H,20,23). The normalized spacial score (nSPS) is 10.4. The molecule has 0 fully saturated rings. The lowest BCUT2D eigenvalue weighted by Crippen LogP contribution is -2.13. The second-order valence-corrected chi connectivity index (χ2v) is 5.48. The lowest BCUT2D eigenvalue weighted by Gasteiger charge is -2.09. The summed E-state index contributed by atoms with van der Waals surface area (Å²) in [6.07, 6.45) is 0.576. The highest BCUT2D eigenvalue weighted by atomic mass is 16.5. The van der Waals surface area contributed by atoms with E-state index in [1.807, 2.05) is 36.4 Å². The molecule has 0 spiro atoms. The van der Waals surface area contributed by atoms with Crippen molar-refractivity contribution in [3.63, 3.8) is 0 Å². The maximum atomic E-state index is 12.1. The molecule has 3 aromatic rings. The van der Waals surface area contributed by atoms with E-state index >= 15 is 0 Å². The van der Waals surface area contributed by atoms with Gasteiger partial charge in [-0.2, -0.15) is 0 Å². The average Bonchev–Trinajstić information content (AvgIpc) is 3.16. The molecule has 26 heavy (non-hydrogen) atoms. The van der Waals surface area contributed by atoms with E-state index in [0.29, 0.717) is 29.6 Å². The van der Waals surface area contributed by atoms with Gasteiger partial charge in [-0.15, -0.1) is 10.2 Å². The van der Waals surface area contributed by atoms with Crippen molar-refractivity contribution in [3.8, 4) is 23.0 Å². The Hall–Kier alpha value is -3.35. The van der Waals surface area contributed by atoms with Gasteiger partial charge in [0, 0.05) is 18.4 Å². The molecule has 0 aliphatic rings. The lowest BCUT2D eigenvalue weighted by molar-refractivity contribution is -0.116. The number of hydrogen-bond donors (Lipinski definition) is 1. The Kier molecular flexibility index (Phi) is 5.48. The minimum Gasteiger partial charge on any atom is -0.497 e. The van der Waals surface area contributed by atoms with Crippen LogP contribution in [0.5, 0.6) is 11.5 Å². The molecule has 0 aliphatic carbocycles. The van der Waals surface area contributed by atoms with Crippen LogP contribution in [-0.2, 0) is 11.2 Å². The van der Waals surface area contributed by atoms with Gasteiger partial charge in [0.15, 0.2) is 0 Å². The third kappa shape index (κ3) is 4.18. The highest BCUT2D eigenvalue weighted by molar-refractivity contribution is 5.92. The van der Waals surface area contributed by atoms with E-state index < -0.39 is 0 Å². The Labute approximate surface area is 151 Å². The van der Waals surface area contributed by atoms with E-state index in [-0.39, 0.29) is 12.3 Å². The molecule has 7 heteroatoms. The number of amides is 1. The Morgan fingerprint density at radius 1 is 1.04 bits per heavy atom. The van der Waals surface area contributed by atoms with Gasteiger partial charge in [0.05, 0.1) is 19.9 Å². The topological polar surface area (TPSA) is 86.5 Å². The number of aromatic nitrogens is 2. The number of hydrogen-bond acceptors (Lipinski definition) is 6. The fraction of sp³-hybridized carbons (Fsp3) is 0.211. The zero-order chi connectivity index (χ0) is 18.4. The first kappa shape index (κ1) is 17.5. The Balaban J connectivity index is 1.58. The largest absolute Gasteiger partial charge is 0.497 e. The number of ether oxygens (including phenoxy) is 2. The van der Waals surface area contributed by atoms with Gasteiger partial charge in [0.1, 0.15) is 11.5 Å². The zero-order valence-corrected chi connectivity index (χ0v) is 14.6. The number of carbonyl (C=O) groups is 1. The van der Waals surface area contributed by atoms with Gasteiger partial charge in [-0.05, 0) is 36.4 Å². The molecule has 1 amide bonds. The molecule has 0 unspecified atom stereocenters. The van der Waals surface area contributed by atoms with E-state index in [2.05, 4.69) is 15.5 Å². The minimum absolute atomic E-state index is 0.154. The summed E-state index contributed by atoms with van der Waals surface area (Å²) in [5.74, 6) is 2.03. The first-order valence-electron chi connectivity index (χ1n) is 8.09. The van der Waals surface area contributed by atoms with Crippen LogP contribution in [-0.4, -0.2) is 30.3 Å². The van der Waals surface area contributed by atoms with Gasteiger partial charge in [0.25, 0.3) is 0 Å². The van der Waals surface area contributed by atoms with Crippen molar-refractivity contribution in [3.05, 3.63) is 54.4 Å². The minimum atomic E-state index is -0.154. The monoisotopic (exact) mass is 353 g/mol. The maximum absolute atomic E-state index is 12.1. The van der Waals surface area contributed by atoms with E-state index in [1.165, 1.54) is 0 Å². The number of aryl methyl sites for hydroxylation is 1. The molecular formula is C19H19N3O4. The van der Waals surface area contributed by atoms with Gasteiger partial charge >= 0.3 is 0 Å². The van der Waals surface area contributed by atoms with Crippen molar-refractivity contribution >= 4 is 11.6 Å². The van der Waals surface area contributed by atoms with Gasteiger partial charge in [-0.1, -0.05) is 12.1 Å². The van der Waals surface area contributed by atoms with Crippen LogP contribution in [0.15, 0.2) is 52.9 Å². The summed E-state index contributed by atoms with van der Waals surface area (Å²) in [6, 6.07) is 14.6. The third-order valence-electron chi connectivity index (χ3n) is 3.75. The molecule has 1 aromatic heterocycles. The van der Waals surface area contributed by atoms with Crippen LogP contribution in [0.2, 0.25) is 0 Å². The SMILES string of the molecule is COc1ccc(-c2nnc(CCC(=O)Nc3ccccc3OC)o2)cc1. The first-order chi connectivity index (χ1) is 12.7. The molecule has 0 saturated heterocycles. The molecule has 0 atom stereocenters. The molecule has 7 nitrogen and oxygen atoms in total. The Morgan fingerprint density at radius 3 is 2.54 bits per heavy atom. The highest BCUT2D eigenvalue weighted by Gasteiger charge is 2.12. The maximum Gasteiger partial charge on any atom is 0.247 e. The quantitative estimate of drug-likeness (QED) is 0.701. The van der Waals surface area contributed by atoms with Gasteiger partial charge < -0.3 is 19.2 Å². The number of para-hydroxylation sites is 2. The highest BCUT2D eigenvalue weighted by Crippen LogP contribution is 2.24. The molecule has 0 aliphatic heterocycles. The van der Waals surface area contributed by atoms with Gasteiger partial charge in [-0.25, -0.2) is 0 Å². The predicted molar refractivity (Wildman–Crippen MR) is 96.2 cm³/mol. The molecule has 2 aromatic carbocycles. The summed E-state index contributed by atoms with van der Waals surface area (Å²) in [5.41, 5.74) is 1.42. The summed E-state index contributed by atoms with van der Waals surface area (Å²) in [7, 11) is 3.17. The first-order valence-corrected chi connectivity index (χ1v) is 8.09.